The number of fused-ring (bicyclic) bond motifs is 1. The number of benzene rings is 1. The van der Waals surface area contributed by atoms with Crippen LogP contribution in [0.5, 0.6) is 0 Å². The van der Waals surface area contributed by atoms with Crippen molar-refractivity contribution in [3.8, 4) is 0 Å². The average molecular weight is 245 g/mol. The van der Waals surface area contributed by atoms with E-state index in [1.165, 1.54) is 10.9 Å². The van der Waals surface area contributed by atoms with Gasteiger partial charge in [-0.15, -0.1) is 0 Å². The Morgan fingerprint density at radius 2 is 2.22 bits per heavy atom. The summed E-state index contributed by atoms with van der Waals surface area (Å²) in [5, 5.41) is 4.81. The number of para-hydroxylation sites is 1. The lowest BCUT2D eigenvalue weighted by atomic mass is 9.94. The Morgan fingerprint density at radius 1 is 1.39 bits per heavy atom. The van der Waals surface area contributed by atoms with Gasteiger partial charge >= 0.3 is 0 Å². The van der Waals surface area contributed by atoms with Crippen LogP contribution in [0, 0.1) is 0 Å². The van der Waals surface area contributed by atoms with Gasteiger partial charge in [-0.1, -0.05) is 18.2 Å². The van der Waals surface area contributed by atoms with Gasteiger partial charge < -0.3 is 14.5 Å². The second-order valence-electron chi connectivity index (χ2n) is 5.29. The largest absolute Gasteiger partial charge is 0.464 e. The monoisotopic (exact) mass is 245 g/mol. The Morgan fingerprint density at radius 3 is 3.00 bits per heavy atom. The van der Waals surface area contributed by atoms with Crippen molar-refractivity contribution < 1.29 is 9.15 Å². The lowest BCUT2D eigenvalue weighted by molar-refractivity contribution is 0.0881. The molecule has 1 aromatic heterocycles. The molecule has 0 amide bonds. The van der Waals surface area contributed by atoms with E-state index in [2.05, 4.69) is 25.2 Å². The van der Waals surface area contributed by atoms with Gasteiger partial charge in [0.15, 0.2) is 0 Å². The average Bonchev–Trinajstić information content (AvgIpc) is 2.93. The van der Waals surface area contributed by atoms with E-state index in [0.717, 1.165) is 25.2 Å². The molecule has 2 heterocycles. The number of furan rings is 1. The first-order valence-corrected chi connectivity index (χ1v) is 6.51. The van der Waals surface area contributed by atoms with Gasteiger partial charge in [-0.3, -0.25) is 0 Å². The minimum absolute atomic E-state index is 0.0678. The van der Waals surface area contributed by atoms with Gasteiger partial charge in [0.1, 0.15) is 5.58 Å². The second kappa shape index (κ2) is 4.41. The summed E-state index contributed by atoms with van der Waals surface area (Å²) in [6.45, 7) is 6.03. The highest BCUT2D eigenvalue weighted by Gasteiger charge is 2.36. The molecule has 0 radical (unpaired) electrons. The highest BCUT2D eigenvalue weighted by atomic mass is 16.5. The van der Waals surface area contributed by atoms with Crippen LogP contribution in [-0.4, -0.2) is 18.2 Å². The number of hydrogen-bond acceptors (Lipinski definition) is 3. The molecule has 3 rings (SSSR count). The molecule has 1 aliphatic heterocycles. The first-order chi connectivity index (χ1) is 8.69. The number of ether oxygens (including phenoxy) is 1. The molecule has 0 bridgehead atoms. The molecule has 1 aromatic carbocycles. The highest BCUT2D eigenvalue weighted by Crippen LogP contribution is 2.27. The van der Waals surface area contributed by atoms with E-state index in [-0.39, 0.29) is 11.6 Å². The van der Waals surface area contributed by atoms with Crippen molar-refractivity contribution in [3.63, 3.8) is 0 Å². The SMILES string of the molecule is CC1OCCC1(C)NCc1coc2ccccc12. The fourth-order valence-corrected chi connectivity index (χ4v) is 2.53. The van der Waals surface area contributed by atoms with Crippen LogP contribution in [0.15, 0.2) is 34.9 Å². The lowest BCUT2D eigenvalue weighted by Crippen LogP contribution is -2.47. The van der Waals surface area contributed by atoms with Crippen LogP contribution in [0.4, 0.5) is 0 Å². The predicted octanol–water partition coefficient (Wildman–Crippen LogP) is 3.09. The number of hydrogen-bond donors (Lipinski definition) is 1. The van der Waals surface area contributed by atoms with E-state index in [0.29, 0.717) is 0 Å². The number of nitrogens with one attached hydrogen (secondary N) is 1. The third-order valence-electron chi connectivity index (χ3n) is 4.13. The van der Waals surface area contributed by atoms with Crippen LogP contribution < -0.4 is 5.32 Å². The summed E-state index contributed by atoms with van der Waals surface area (Å²) in [5.41, 5.74) is 2.24. The third-order valence-corrected chi connectivity index (χ3v) is 4.13. The molecular formula is C15H19NO2. The molecule has 18 heavy (non-hydrogen) atoms. The molecule has 0 spiro atoms. The smallest absolute Gasteiger partial charge is 0.134 e. The molecule has 2 unspecified atom stereocenters. The molecule has 96 valence electrons. The molecule has 0 saturated carbocycles. The summed E-state index contributed by atoms with van der Waals surface area (Å²) in [4.78, 5) is 0. The van der Waals surface area contributed by atoms with Gasteiger partial charge in [0, 0.05) is 29.6 Å². The van der Waals surface area contributed by atoms with Crippen LogP contribution in [0.3, 0.4) is 0 Å². The van der Waals surface area contributed by atoms with E-state index in [1.807, 2.05) is 24.5 Å². The van der Waals surface area contributed by atoms with Crippen molar-refractivity contribution >= 4 is 11.0 Å². The first kappa shape index (κ1) is 11.8. The molecule has 3 nitrogen and oxygen atoms in total. The van der Waals surface area contributed by atoms with Crippen LogP contribution in [0.25, 0.3) is 11.0 Å². The molecular weight excluding hydrogens is 226 g/mol. The van der Waals surface area contributed by atoms with E-state index in [9.17, 15) is 0 Å². The molecule has 3 heteroatoms. The first-order valence-electron chi connectivity index (χ1n) is 6.51. The molecule has 2 aromatic rings. The van der Waals surface area contributed by atoms with E-state index in [1.54, 1.807) is 0 Å². The van der Waals surface area contributed by atoms with E-state index < -0.39 is 0 Å². The standard InChI is InChI=1S/C15H19NO2/c1-11-15(2,7-8-17-11)16-9-12-10-18-14-6-4-3-5-13(12)14/h3-6,10-11,16H,7-9H2,1-2H3. The zero-order valence-electron chi connectivity index (χ0n) is 10.9. The zero-order valence-corrected chi connectivity index (χ0v) is 10.9. The van der Waals surface area contributed by atoms with Gasteiger partial charge in [-0.25, -0.2) is 0 Å². The van der Waals surface area contributed by atoms with Crippen molar-refractivity contribution in [2.75, 3.05) is 6.61 Å². The maximum Gasteiger partial charge on any atom is 0.134 e. The molecule has 1 saturated heterocycles. The summed E-state index contributed by atoms with van der Waals surface area (Å²) < 4.78 is 11.2. The molecule has 1 aliphatic rings. The van der Waals surface area contributed by atoms with Crippen LogP contribution >= 0.6 is 0 Å². The van der Waals surface area contributed by atoms with Crippen molar-refractivity contribution in [1.82, 2.24) is 5.32 Å². The molecule has 2 atom stereocenters. The second-order valence-corrected chi connectivity index (χ2v) is 5.29. The Labute approximate surface area is 107 Å². The zero-order chi connectivity index (χ0) is 12.6. The topological polar surface area (TPSA) is 34.4 Å². The predicted molar refractivity (Wildman–Crippen MR) is 71.5 cm³/mol. The van der Waals surface area contributed by atoms with Gasteiger partial charge in [0.2, 0.25) is 0 Å². The number of rotatable bonds is 3. The summed E-state index contributed by atoms with van der Waals surface area (Å²) in [6.07, 6.45) is 3.17. The van der Waals surface area contributed by atoms with Crippen LogP contribution in [0.1, 0.15) is 25.8 Å². The highest BCUT2D eigenvalue weighted by molar-refractivity contribution is 5.80. The minimum Gasteiger partial charge on any atom is -0.464 e. The van der Waals surface area contributed by atoms with Crippen molar-refractivity contribution in [2.45, 2.75) is 38.5 Å². The molecule has 1 fully saturated rings. The maximum atomic E-state index is 5.64. The van der Waals surface area contributed by atoms with Gasteiger partial charge in [-0.05, 0) is 26.3 Å². The Hall–Kier alpha value is -1.32. The van der Waals surface area contributed by atoms with Gasteiger partial charge in [0.05, 0.1) is 12.4 Å². The van der Waals surface area contributed by atoms with E-state index >= 15 is 0 Å². The summed E-state index contributed by atoms with van der Waals surface area (Å²) >= 11 is 0. The van der Waals surface area contributed by atoms with Crippen molar-refractivity contribution in [2.24, 2.45) is 0 Å². The third kappa shape index (κ3) is 1.93. The maximum absolute atomic E-state index is 5.64. The van der Waals surface area contributed by atoms with Crippen LogP contribution in [0.2, 0.25) is 0 Å². The van der Waals surface area contributed by atoms with Crippen LogP contribution in [-0.2, 0) is 11.3 Å². The van der Waals surface area contributed by atoms with Gasteiger partial charge in [0.25, 0.3) is 0 Å². The summed E-state index contributed by atoms with van der Waals surface area (Å²) in [6, 6.07) is 8.15. The quantitative estimate of drug-likeness (QED) is 0.902. The minimum atomic E-state index is 0.0678. The summed E-state index contributed by atoms with van der Waals surface area (Å²) in [5.74, 6) is 0. The van der Waals surface area contributed by atoms with E-state index in [4.69, 9.17) is 9.15 Å². The fraction of sp³-hybridized carbons (Fsp3) is 0.467. The Balaban J connectivity index is 1.77. The van der Waals surface area contributed by atoms with Gasteiger partial charge in [-0.2, -0.15) is 0 Å². The lowest BCUT2D eigenvalue weighted by Gasteiger charge is -2.28. The summed E-state index contributed by atoms with van der Waals surface area (Å²) in [7, 11) is 0. The van der Waals surface area contributed by atoms with Crippen molar-refractivity contribution in [3.05, 3.63) is 36.1 Å². The molecule has 0 aliphatic carbocycles. The Bertz CT molecular complexity index is 548. The normalized spacial score (nSPS) is 28.0. The van der Waals surface area contributed by atoms with Crippen molar-refractivity contribution in [1.29, 1.82) is 0 Å². The molecule has 1 N–H and O–H groups in total. The fourth-order valence-electron chi connectivity index (χ4n) is 2.53. The Kier molecular flexibility index (Phi) is 2.88.